The Morgan fingerprint density at radius 1 is 0.800 bits per heavy atom. The molecule has 2 unspecified atom stereocenters. The van der Waals surface area contributed by atoms with Gasteiger partial charge < -0.3 is 0 Å². The van der Waals surface area contributed by atoms with E-state index in [0.717, 1.165) is 12.8 Å². The summed E-state index contributed by atoms with van der Waals surface area (Å²) in [7, 11) is 0. The Bertz CT molecular complexity index is 290. The summed E-state index contributed by atoms with van der Waals surface area (Å²) in [5, 5.41) is 0. The average molecular weight is 377 g/mol. The summed E-state index contributed by atoms with van der Waals surface area (Å²) < 4.78 is -0.365. The number of rotatable bonds is 0. The third-order valence-corrected chi connectivity index (χ3v) is 8.45. The summed E-state index contributed by atoms with van der Waals surface area (Å²) in [5.41, 5.74) is 0.639. The van der Waals surface area contributed by atoms with E-state index in [2.05, 4.69) is 31.9 Å². The Labute approximate surface area is 118 Å². The van der Waals surface area contributed by atoms with Gasteiger partial charge in [0.2, 0.25) is 0 Å². The summed E-state index contributed by atoms with van der Waals surface area (Å²) in [6.07, 6.45) is 8.45. The maximum Gasteiger partial charge on any atom is 0.119 e. The van der Waals surface area contributed by atoms with Gasteiger partial charge in [0.1, 0.15) is 4.33 Å². The van der Waals surface area contributed by atoms with Crippen molar-refractivity contribution in [2.75, 3.05) is 0 Å². The van der Waals surface area contributed by atoms with Crippen molar-refractivity contribution in [3.05, 3.63) is 0 Å². The van der Waals surface area contributed by atoms with Crippen LogP contribution in [0, 0.1) is 10.8 Å². The van der Waals surface area contributed by atoms with Gasteiger partial charge in [0.15, 0.2) is 0 Å². The summed E-state index contributed by atoms with van der Waals surface area (Å²) in [4.78, 5) is 0. The van der Waals surface area contributed by atoms with Gasteiger partial charge in [-0.3, -0.25) is 0 Å². The molecule has 2 atom stereocenters. The van der Waals surface area contributed by atoms with Crippen molar-refractivity contribution in [2.45, 2.75) is 52.5 Å². The quantitative estimate of drug-likeness (QED) is 0.497. The summed E-state index contributed by atoms with van der Waals surface area (Å²) >= 11 is 20.5. The van der Waals surface area contributed by atoms with Crippen LogP contribution in [0.15, 0.2) is 0 Å². The molecule has 0 heterocycles. The molecule has 0 spiro atoms. The molecule has 3 saturated carbocycles. The van der Waals surface area contributed by atoms with Crippen molar-refractivity contribution in [3.8, 4) is 0 Å². The molecule has 0 aromatic heterocycles. The van der Waals surface area contributed by atoms with Crippen LogP contribution >= 0.6 is 55.1 Å². The summed E-state index contributed by atoms with van der Waals surface area (Å²) in [6.45, 7) is 0. The minimum atomic E-state index is -0.484. The van der Waals surface area contributed by atoms with Crippen LogP contribution in [0.2, 0.25) is 0 Å². The first-order valence-corrected chi connectivity index (χ1v) is 7.97. The molecule has 0 aromatic carbocycles. The molecule has 0 aliphatic heterocycles. The average Bonchev–Trinajstić information content (AvgIpc) is 2.39. The minimum absolute atomic E-state index is 0.119. The molecule has 0 saturated heterocycles. The van der Waals surface area contributed by atoms with Gasteiger partial charge in [-0.15, -0.1) is 23.2 Å². The maximum atomic E-state index is 6.36. The molecular formula is C11H14Br2Cl2. The van der Waals surface area contributed by atoms with E-state index >= 15 is 0 Å². The van der Waals surface area contributed by atoms with Gasteiger partial charge in [0.05, 0.1) is 3.23 Å². The molecule has 0 amide bonds. The lowest BCUT2D eigenvalue weighted by Gasteiger charge is -2.25. The zero-order chi connectivity index (χ0) is 10.9. The number of hydrogen-bond acceptors (Lipinski definition) is 0. The van der Waals surface area contributed by atoms with Crippen molar-refractivity contribution >= 4 is 55.1 Å². The molecule has 3 fully saturated rings. The monoisotopic (exact) mass is 374 g/mol. The predicted molar refractivity (Wildman–Crippen MR) is 72.2 cm³/mol. The lowest BCUT2D eigenvalue weighted by molar-refractivity contribution is 0.367. The highest BCUT2D eigenvalue weighted by atomic mass is 79.9. The van der Waals surface area contributed by atoms with E-state index in [-0.39, 0.29) is 3.23 Å². The maximum absolute atomic E-state index is 6.36. The van der Waals surface area contributed by atoms with Gasteiger partial charge in [-0.2, -0.15) is 0 Å². The van der Waals surface area contributed by atoms with E-state index in [4.69, 9.17) is 23.2 Å². The first-order chi connectivity index (χ1) is 6.87. The van der Waals surface area contributed by atoms with Crippen LogP contribution in [0.3, 0.4) is 0 Å². The minimum Gasteiger partial charge on any atom is -0.102 e. The fraction of sp³-hybridized carbons (Fsp3) is 1.00. The van der Waals surface area contributed by atoms with Gasteiger partial charge in [-0.05, 0) is 25.7 Å². The molecule has 0 radical (unpaired) electrons. The zero-order valence-corrected chi connectivity index (χ0v) is 13.1. The van der Waals surface area contributed by atoms with E-state index in [1.165, 1.54) is 32.1 Å². The second-order valence-electron chi connectivity index (χ2n) is 5.51. The third-order valence-electron chi connectivity index (χ3n) is 4.88. The molecule has 3 aliphatic carbocycles. The SMILES string of the molecule is ClC1(Cl)CC23CCCCCC2(C1)C3(Br)Br. The highest BCUT2D eigenvalue weighted by Gasteiger charge is 2.88. The van der Waals surface area contributed by atoms with Crippen LogP contribution in [0.4, 0.5) is 0 Å². The van der Waals surface area contributed by atoms with E-state index in [1.807, 2.05) is 0 Å². The molecule has 15 heavy (non-hydrogen) atoms. The lowest BCUT2D eigenvalue weighted by atomic mass is 9.92. The van der Waals surface area contributed by atoms with Gasteiger partial charge in [-0.25, -0.2) is 0 Å². The molecule has 0 N–H and O–H groups in total. The van der Waals surface area contributed by atoms with E-state index < -0.39 is 4.33 Å². The van der Waals surface area contributed by atoms with Gasteiger partial charge in [-0.1, -0.05) is 51.1 Å². The standard InChI is InChI=1S/C11H14Br2Cl2/c12-11(13)8-4-2-1-3-5-9(8,11)7-10(14,15)6-8/h1-7H2. The van der Waals surface area contributed by atoms with Crippen LogP contribution in [0.5, 0.6) is 0 Å². The molecule has 4 heteroatoms. The molecular weight excluding hydrogens is 363 g/mol. The second-order valence-corrected chi connectivity index (χ2v) is 10.6. The van der Waals surface area contributed by atoms with Crippen molar-refractivity contribution in [3.63, 3.8) is 0 Å². The molecule has 3 rings (SSSR count). The Balaban J connectivity index is 2.02. The fourth-order valence-electron chi connectivity index (χ4n) is 4.25. The topological polar surface area (TPSA) is 0 Å². The van der Waals surface area contributed by atoms with Crippen LogP contribution in [-0.2, 0) is 0 Å². The summed E-state index contributed by atoms with van der Waals surface area (Å²) in [6, 6.07) is 0. The van der Waals surface area contributed by atoms with Crippen molar-refractivity contribution < 1.29 is 0 Å². The van der Waals surface area contributed by atoms with Gasteiger partial charge >= 0.3 is 0 Å². The van der Waals surface area contributed by atoms with Crippen LogP contribution in [-0.4, -0.2) is 7.57 Å². The largest absolute Gasteiger partial charge is 0.119 e. The molecule has 3 aliphatic rings. The van der Waals surface area contributed by atoms with Crippen molar-refractivity contribution in [1.29, 1.82) is 0 Å². The molecule has 0 nitrogen and oxygen atoms in total. The highest BCUT2D eigenvalue weighted by molar-refractivity contribution is 9.25. The molecule has 0 aromatic rings. The van der Waals surface area contributed by atoms with Crippen LogP contribution < -0.4 is 0 Å². The van der Waals surface area contributed by atoms with Crippen molar-refractivity contribution in [1.82, 2.24) is 0 Å². The number of hydrogen-bond donors (Lipinski definition) is 0. The Morgan fingerprint density at radius 2 is 1.27 bits per heavy atom. The fourth-order valence-corrected chi connectivity index (χ4v) is 7.83. The normalized spacial score (nSPS) is 50.4. The van der Waals surface area contributed by atoms with Gasteiger partial charge in [0.25, 0.3) is 0 Å². The molecule has 0 bridgehead atoms. The number of halogens is 4. The Hall–Kier alpha value is 1.54. The van der Waals surface area contributed by atoms with Gasteiger partial charge in [0, 0.05) is 10.8 Å². The highest BCUT2D eigenvalue weighted by Crippen LogP contribution is 2.92. The Kier molecular flexibility index (Phi) is 2.40. The molecule has 86 valence electrons. The number of alkyl halides is 4. The predicted octanol–water partition coefficient (Wildman–Crippen LogP) is 5.39. The van der Waals surface area contributed by atoms with Crippen molar-refractivity contribution in [2.24, 2.45) is 10.8 Å². The first-order valence-electron chi connectivity index (χ1n) is 5.63. The zero-order valence-electron chi connectivity index (χ0n) is 8.46. The van der Waals surface area contributed by atoms with Crippen LogP contribution in [0.1, 0.15) is 44.9 Å². The first kappa shape index (κ1) is 11.6. The smallest absolute Gasteiger partial charge is 0.102 e. The van der Waals surface area contributed by atoms with E-state index in [9.17, 15) is 0 Å². The Morgan fingerprint density at radius 3 is 1.73 bits per heavy atom. The van der Waals surface area contributed by atoms with E-state index in [0.29, 0.717) is 10.8 Å². The van der Waals surface area contributed by atoms with E-state index in [1.54, 1.807) is 0 Å². The van der Waals surface area contributed by atoms with Crippen LogP contribution in [0.25, 0.3) is 0 Å². The summed E-state index contributed by atoms with van der Waals surface area (Å²) in [5.74, 6) is 0. The second kappa shape index (κ2) is 3.10. The third kappa shape index (κ3) is 1.21. The lowest BCUT2D eigenvalue weighted by Crippen LogP contribution is -2.22.